The van der Waals surface area contributed by atoms with Crippen molar-refractivity contribution in [2.24, 2.45) is 0 Å². The topological polar surface area (TPSA) is 40.6 Å². The Labute approximate surface area is 100 Å². The molecule has 0 bridgehead atoms. The van der Waals surface area contributed by atoms with E-state index in [0.717, 1.165) is 25.0 Å². The highest BCUT2D eigenvalue weighted by atomic mass is 35.5. The fourth-order valence-electron chi connectivity index (χ4n) is 1.25. The molecule has 0 fully saturated rings. The Morgan fingerprint density at radius 1 is 1.31 bits per heavy atom. The summed E-state index contributed by atoms with van der Waals surface area (Å²) in [5.41, 5.74) is 1.08. The summed E-state index contributed by atoms with van der Waals surface area (Å²) in [5, 5.41) is 0.354. The minimum absolute atomic E-state index is 0.170. The van der Waals surface area contributed by atoms with Crippen molar-refractivity contribution in [1.29, 1.82) is 0 Å². The van der Waals surface area contributed by atoms with Crippen LogP contribution < -0.4 is 4.74 Å². The fourth-order valence-corrected chi connectivity index (χ4v) is 1.41. The van der Waals surface area contributed by atoms with E-state index in [-0.39, 0.29) is 6.79 Å². The van der Waals surface area contributed by atoms with Crippen LogP contribution in [0.2, 0.25) is 5.15 Å². The van der Waals surface area contributed by atoms with Crippen LogP contribution in [-0.2, 0) is 15.9 Å². The van der Waals surface area contributed by atoms with Gasteiger partial charge in [-0.15, -0.1) is 0 Å². The molecule has 0 saturated heterocycles. The average molecular weight is 246 g/mol. The molecule has 0 aliphatic rings. The van der Waals surface area contributed by atoms with Crippen LogP contribution in [-0.4, -0.2) is 32.6 Å². The van der Waals surface area contributed by atoms with Crippen LogP contribution in [0, 0.1) is 0 Å². The van der Waals surface area contributed by atoms with Gasteiger partial charge in [-0.05, 0) is 24.5 Å². The lowest BCUT2D eigenvalue weighted by Gasteiger charge is -2.08. The molecule has 0 aromatic carbocycles. The number of nitrogens with zero attached hydrogens (tertiary/aromatic N) is 1. The third-order valence-corrected chi connectivity index (χ3v) is 2.29. The molecule has 0 spiro atoms. The monoisotopic (exact) mass is 245 g/mol. The summed E-state index contributed by atoms with van der Waals surface area (Å²) in [6.45, 7) is 0.903. The lowest BCUT2D eigenvalue weighted by Crippen LogP contribution is -2.01. The Balaban J connectivity index is 2.58. The van der Waals surface area contributed by atoms with Crippen molar-refractivity contribution in [2.45, 2.75) is 12.8 Å². The van der Waals surface area contributed by atoms with E-state index in [1.807, 2.05) is 6.07 Å². The summed E-state index contributed by atoms with van der Waals surface area (Å²) < 4.78 is 15.1. The molecule has 0 radical (unpaired) electrons. The number of ether oxygens (including phenoxy) is 3. The summed E-state index contributed by atoms with van der Waals surface area (Å²) >= 11 is 5.88. The van der Waals surface area contributed by atoms with Crippen molar-refractivity contribution in [3.8, 4) is 5.75 Å². The Bertz CT molecular complexity index is 320. The fraction of sp³-hybridized carbons (Fsp3) is 0.545. The first kappa shape index (κ1) is 13.2. The molecule has 90 valence electrons. The first-order valence-electron chi connectivity index (χ1n) is 5.03. The molecular formula is C11H16ClNO3. The zero-order valence-electron chi connectivity index (χ0n) is 9.53. The van der Waals surface area contributed by atoms with Gasteiger partial charge in [0, 0.05) is 27.0 Å². The predicted molar refractivity (Wildman–Crippen MR) is 61.9 cm³/mol. The van der Waals surface area contributed by atoms with E-state index in [9.17, 15) is 0 Å². The number of rotatable bonds is 7. The van der Waals surface area contributed by atoms with Gasteiger partial charge in [0.05, 0.1) is 0 Å². The molecule has 0 unspecified atom stereocenters. The Hall–Kier alpha value is -0.840. The maximum Gasteiger partial charge on any atom is 0.188 e. The predicted octanol–water partition coefficient (Wildman–Crippen LogP) is 2.30. The second kappa shape index (κ2) is 7.44. The molecule has 0 aliphatic carbocycles. The van der Waals surface area contributed by atoms with Crippen LogP contribution >= 0.6 is 11.6 Å². The molecular weight excluding hydrogens is 230 g/mol. The molecule has 0 aliphatic heterocycles. The Morgan fingerprint density at radius 3 is 2.81 bits per heavy atom. The number of methoxy groups -OCH3 is 2. The van der Waals surface area contributed by atoms with Crippen molar-refractivity contribution in [3.05, 3.63) is 23.0 Å². The van der Waals surface area contributed by atoms with Crippen molar-refractivity contribution in [2.75, 3.05) is 27.6 Å². The third kappa shape index (κ3) is 4.35. The van der Waals surface area contributed by atoms with Gasteiger partial charge in [-0.2, -0.15) is 0 Å². The van der Waals surface area contributed by atoms with E-state index in [1.54, 1.807) is 20.4 Å². The van der Waals surface area contributed by atoms with Gasteiger partial charge in [0.1, 0.15) is 0 Å². The summed E-state index contributed by atoms with van der Waals surface area (Å²) in [6, 6.07) is 1.88. The molecule has 0 amide bonds. The second-order valence-electron chi connectivity index (χ2n) is 3.28. The zero-order valence-corrected chi connectivity index (χ0v) is 10.3. The van der Waals surface area contributed by atoms with Gasteiger partial charge < -0.3 is 14.2 Å². The number of hydrogen-bond acceptors (Lipinski definition) is 4. The highest BCUT2D eigenvalue weighted by molar-refractivity contribution is 6.30. The highest BCUT2D eigenvalue weighted by Crippen LogP contribution is 2.23. The first-order valence-corrected chi connectivity index (χ1v) is 5.40. The largest absolute Gasteiger partial charge is 0.464 e. The van der Waals surface area contributed by atoms with Gasteiger partial charge in [0.15, 0.2) is 17.7 Å². The smallest absolute Gasteiger partial charge is 0.188 e. The van der Waals surface area contributed by atoms with Gasteiger partial charge in [-0.3, -0.25) is 0 Å². The number of hydrogen-bond donors (Lipinski definition) is 0. The standard InChI is InChI=1S/C11H16ClNO3/c1-14-5-3-4-9-6-10(16-8-15-2)11(12)13-7-9/h6-7H,3-5,8H2,1-2H3. The van der Waals surface area contributed by atoms with Crippen molar-refractivity contribution in [3.63, 3.8) is 0 Å². The maximum absolute atomic E-state index is 5.88. The quantitative estimate of drug-likeness (QED) is 0.420. The van der Waals surface area contributed by atoms with Crippen molar-refractivity contribution < 1.29 is 14.2 Å². The normalized spacial score (nSPS) is 10.4. The first-order chi connectivity index (χ1) is 7.77. The van der Waals surface area contributed by atoms with E-state index >= 15 is 0 Å². The molecule has 1 heterocycles. The van der Waals surface area contributed by atoms with Gasteiger partial charge in [0.25, 0.3) is 0 Å². The van der Waals surface area contributed by atoms with Crippen LogP contribution in [0.15, 0.2) is 12.3 Å². The number of halogens is 1. The molecule has 0 N–H and O–H groups in total. The molecule has 16 heavy (non-hydrogen) atoms. The molecule has 5 heteroatoms. The van der Waals surface area contributed by atoms with Gasteiger partial charge >= 0.3 is 0 Å². The van der Waals surface area contributed by atoms with Crippen LogP contribution in [0.5, 0.6) is 5.75 Å². The number of aryl methyl sites for hydroxylation is 1. The van der Waals surface area contributed by atoms with E-state index in [4.69, 9.17) is 25.8 Å². The van der Waals surface area contributed by atoms with Crippen LogP contribution in [0.4, 0.5) is 0 Å². The average Bonchev–Trinajstić information content (AvgIpc) is 2.30. The SMILES string of the molecule is COCCCc1cnc(Cl)c(OCOC)c1. The number of aromatic nitrogens is 1. The number of pyridine rings is 1. The molecule has 0 atom stereocenters. The summed E-state index contributed by atoms with van der Waals surface area (Å²) in [6.07, 6.45) is 3.59. The van der Waals surface area contributed by atoms with E-state index in [2.05, 4.69) is 4.98 Å². The van der Waals surface area contributed by atoms with E-state index in [1.165, 1.54) is 0 Å². The summed E-state index contributed by atoms with van der Waals surface area (Å²) in [7, 11) is 3.25. The molecule has 1 rings (SSSR count). The van der Waals surface area contributed by atoms with Crippen LogP contribution in [0.1, 0.15) is 12.0 Å². The maximum atomic E-state index is 5.88. The second-order valence-corrected chi connectivity index (χ2v) is 3.64. The van der Waals surface area contributed by atoms with Gasteiger partial charge in [0.2, 0.25) is 0 Å². The zero-order chi connectivity index (χ0) is 11.8. The minimum atomic E-state index is 0.170. The van der Waals surface area contributed by atoms with E-state index < -0.39 is 0 Å². The third-order valence-electron chi connectivity index (χ3n) is 2.01. The Kier molecular flexibility index (Phi) is 6.15. The lowest BCUT2D eigenvalue weighted by molar-refractivity contribution is 0.0509. The van der Waals surface area contributed by atoms with Crippen molar-refractivity contribution >= 4 is 11.6 Å². The molecule has 4 nitrogen and oxygen atoms in total. The molecule has 1 aromatic heterocycles. The summed E-state index contributed by atoms with van der Waals surface area (Å²) in [5.74, 6) is 0.554. The Morgan fingerprint density at radius 2 is 2.12 bits per heavy atom. The lowest BCUT2D eigenvalue weighted by atomic mass is 10.1. The van der Waals surface area contributed by atoms with Crippen LogP contribution in [0.3, 0.4) is 0 Å². The van der Waals surface area contributed by atoms with E-state index in [0.29, 0.717) is 10.9 Å². The summed E-state index contributed by atoms with van der Waals surface area (Å²) in [4.78, 5) is 4.05. The van der Waals surface area contributed by atoms with Gasteiger partial charge in [-0.1, -0.05) is 11.6 Å². The molecule has 0 saturated carbocycles. The van der Waals surface area contributed by atoms with Crippen LogP contribution in [0.25, 0.3) is 0 Å². The highest BCUT2D eigenvalue weighted by Gasteiger charge is 2.04. The minimum Gasteiger partial charge on any atom is -0.464 e. The molecule has 1 aromatic rings. The van der Waals surface area contributed by atoms with Crippen molar-refractivity contribution in [1.82, 2.24) is 4.98 Å². The van der Waals surface area contributed by atoms with Gasteiger partial charge in [-0.25, -0.2) is 4.98 Å².